The molecular formula is C17H20N2. The van der Waals surface area contributed by atoms with Gasteiger partial charge in [0.2, 0.25) is 0 Å². The maximum absolute atomic E-state index is 5.66. The van der Waals surface area contributed by atoms with Crippen LogP contribution in [0.1, 0.15) is 23.1 Å². The van der Waals surface area contributed by atoms with Crippen molar-refractivity contribution in [2.24, 2.45) is 5.73 Å². The Morgan fingerprint density at radius 3 is 2.63 bits per heavy atom. The van der Waals surface area contributed by atoms with E-state index < -0.39 is 0 Å². The molecule has 0 radical (unpaired) electrons. The highest BCUT2D eigenvalue weighted by molar-refractivity contribution is 5.68. The van der Waals surface area contributed by atoms with Crippen molar-refractivity contribution in [3.05, 3.63) is 59.2 Å². The summed E-state index contributed by atoms with van der Waals surface area (Å²) in [5, 5.41) is 0. The monoisotopic (exact) mass is 252 g/mol. The zero-order valence-corrected chi connectivity index (χ0v) is 11.4. The summed E-state index contributed by atoms with van der Waals surface area (Å²) in [4.78, 5) is 2.42. The maximum atomic E-state index is 5.66. The van der Waals surface area contributed by atoms with Crippen LogP contribution in [0.25, 0.3) is 0 Å². The molecule has 0 bridgehead atoms. The van der Waals surface area contributed by atoms with Crippen LogP contribution in [0.2, 0.25) is 0 Å². The number of hydrogen-bond acceptors (Lipinski definition) is 2. The van der Waals surface area contributed by atoms with Gasteiger partial charge >= 0.3 is 0 Å². The van der Waals surface area contributed by atoms with Gasteiger partial charge in [0.1, 0.15) is 0 Å². The first kappa shape index (κ1) is 12.2. The summed E-state index contributed by atoms with van der Waals surface area (Å²) in [6.45, 7) is 3.86. The lowest BCUT2D eigenvalue weighted by atomic mass is 9.99. The summed E-state index contributed by atoms with van der Waals surface area (Å²) in [6.07, 6.45) is 2.41. The molecule has 0 aliphatic carbocycles. The number of nitrogens with zero attached hydrogens (tertiary/aromatic N) is 1. The topological polar surface area (TPSA) is 29.3 Å². The molecule has 0 aromatic heterocycles. The van der Waals surface area contributed by atoms with Crippen molar-refractivity contribution >= 4 is 11.4 Å². The van der Waals surface area contributed by atoms with Crippen LogP contribution in [0.15, 0.2) is 42.5 Å². The summed E-state index contributed by atoms with van der Waals surface area (Å²) in [5.41, 5.74) is 12.3. The van der Waals surface area contributed by atoms with Crippen molar-refractivity contribution in [3.8, 4) is 0 Å². The summed E-state index contributed by atoms with van der Waals surface area (Å²) >= 11 is 0. The van der Waals surface area contributed by atoms with E-state index in [0.717, 1.165) is 6.54 Å². The van der Waals surface area contributed by atoms with E-state index in [9.17, 15) is 0 Å². The number of hydrogen-bond donors (Lipinski definition) is 1. The molecule has 2 aromatic carbocycles. The molecule has 0 saturated carbocycles. The molecule has 0 atom stereocenters. The van der Waals surface area contributed by atoms with Crippen molar-refractivity contribution in [2.75, 3.05) is 11.4 Å². The third-order valence-corrected chi connectivity index (χ3v) is 3.84. The fraction of sp³-hybridized carbons (Fsp3) is 0.294. The fourth-order valence-corrected chi connectivity index (χ4v) is 2.81. The molecule has 1 aliphatic rings. The first-order valence-corrected chi connectivity index (χ1v) is 6.94. The summed E-state index contributed by atoms with van der Waals surface area (Å²) in [5.74, 6) is 0. The number of aryl methyl sites for hydroxylation is 2. The molecule has 2 N–H and O–H groups in total. The Hall–Kier alpha value is -1.80. The third-order valence-electron chi connectivity index (χ3n) is 3.84. The van der Waals surface area contributed by atoms with E-state index in [1.54, 1.807) is 0 Å². The van der Waals surface area contributed by atoms with E-state index in [1.165, 1.54) is 40.9 Å². The van der Waals surface area contributed by atoms with Crippen LogP contribution in [-0.4, -0.2) is 6.54 Å². The molecule has 3 rings (SSSR count). The molecule has 2 nitrogen and oxygen atoms in total. The molecule has 2 heteroatoms. The summed E-state index contributed by atoms with van der Waals surface area (Å²) in [7, 11) is 0. The Labute approximate surface area is 114 Å². The molecule has 1 aliphatic heterocycles. The molecule has 0 fully saturated rings. The lowest BCUT2D eigenvalue weighted by Crippen LogP contribution is -2.24. The van der Waals surface area contributed by atoms with E-state index in [-0.39, 0.29) is 0 Å². The van der Waals surface area contributed by atoms with Crippen LogP contribution in [0.5, 0.6) is 0 Å². The minimum Gasteiger partial charge on any atom is -0.341 e. The first-order chi connectivity index (χ1) is 9.28. The van der Waals surface area contributed by atoms with Crippen LogP contribution < -0.4 is 10.6 Å². The molecule has 0 unspecified atom stereocenters. The molecule has 98 valence electrons. The van der Waals surface area contributed by atoms with Crippen molar-refractivity contribution in [1.82, 2.24) is 0 Å². The first-order valence-electron chi connectivity index (χ1n) is 6.94. The molecule has 19 heavy (non-hydrogen) atoms. The lowest BCUT2D eigenvalue weighted by Gasteiger charge is -2.31. The molecule has 0 saturated heterocycles. The minimum atomic E-state index is 0.607. The molecule has 1 heterocycles. The second-order valence-corrected chi connectivity index (χ2v) is 5.26. The Kier molecular flexibility index (Phi) is 3.26. The average Bonchev–Trinajstić information content (AvgIpc) is 2.46. The van der Waals surface area contributed by atoms with E-state index in [4.69, 9.17) is 5.73 Å². The van der Waals surface area contributed by atoms with Crippen molar-refractivity contribution < 1.29 is 0 Å². The fourth-order valence-electron chi connectivity index (χ4n) is 2.81. The van der Waals surface area contributed by atoms with Crippen molar-refractivity contribution in [2.45, 2.75) is 26.3 Å². The minimum absolute atomic E-state index is 0.607. The van der Waals surface area contributed by atoms with Gasteiger partial charge in [-0.3, -0.25) is 0 Å². The predicted molar refractivity (Wildman–Crippen MR) is 80.8 cm³/mol. The summed E-state index contributed by atoms with van der Waals surface area (Å²) in [6, 6.07) is 15.4. The smallest absolute Gasteiger partial charge is 0.0443 e. The summed E-state index contributed by atoms with van der Waals surface area (Å²) < 4.78 is 0. The number of fused-ring (bicyclic) bond motifs is 1. The van der Waals surface area contributed by atoms with Crippen LogP contribution >= 0.6 is 0 Å². The molecule has 0 amide bonds. The number of rotatable bonds is 2. The van der Waals surface area contributed by atoms with Gasteiger partial charge in [-0.05, 0) is 49.1 Å². The Morgan fingerprint density at radius 1 is 1.11 bits per heavy atom. The van der Waals surface area contributed by atoms with Gasteiger partial charge in [-0.2, -0.15) is 0 Å². The molecule has 2 aromatic rings. The Bertz CT molecular complexity index is 572. The zero-order chi connectivity index (χ0) is 13.2. The van der Waals surface area contributed by atoms with Crippen LogP contribution in [0.3, 0.4) is 0 Å². The van der Waals surface area contributed by atoms with Gasteiger partial charge in [0, 0.05) is 24.5 Å². The standard InChI is InChI=1S/C17H20N2/c1-13-4-9-17-15(11-13)3-2-10-19(17)16-7-5-14(12-18)6-8-16/h4-9,11H,2-3,10,12,18H2,1H3. The largest absolute Gasteiger partial charge is 0.341 e. The number of anilines is 2. The normalized spacial score (nSPS) is 14.3. The van der Waals surface area contributed by atoms with E-state index in [1.807, 2.05) is 0 Å². The predicted octanol–water partition coefficient (Wildman–Crippen LogP) is 3.54. The van der Waals surface area contributed by atoms with E-state index in [2.05, 4.69) is 54.3 Å². The van der Waals surface area contributed by atoms with Gasteiger partial charge in [0.05, 0.1) is 0 Å². The highest BCUT2D eigenvalue weighted by Gasteiger charge is 2.17. The number of benzene rings is 2. The highest BCUT2D eigenvalue weighted by Crippen LogP contribution is 2.33. The van der Waals surface area contributed by atoms with Crippen molar-refractivity contribution in [3.63, 3.8) is 0 Å². The quantitative estimate of drug-likeness (QED) is 0.885. The number of nitrogens with two attached hydrogens (primary N) is 1. The second kappa shape index (κ2) is 5.06. The lowest BCUT2D eigenvalue weighted by molar-refractivity contribution is 0.766. The van der Waals surface area contributed by atoms with Gasteiger partial charge in [-0.1, -0.05) is 29.8 Å². The van der Waals surface area contributed by atoms with Gasteiger partial charge in [0.25, 0.3) is 0 Å². The van der Waals surface area contributed by atoms with E-state index in [0.29, 0.717) is 6.54 Å². The SMILES string of the molecule is Cc1ccc2c(c1)CCCN2c1ccc(CN)cc1. The van der Waals surface area contributed by atoms with Crippen molar-refractivity contribution in [1.29, 1.82) is 0 Å². The van der Waals surface area contributed by atoms with Gasteiger partial charge in [0.15, 0.2) is 0 Å². The van der Waals surface area contributed by atoms with E-state index >= 15 is 0 Å². The molecular weight excluding hydrogens is 232 g/mol. The van der Waals surface area contributed by atoms with Gasteiger partial charge in [-0.15, -0.1) is 0 Å². The van der Waals surface area contributed by atoms with Crippen LogP contribution in [0, 0.1) is 6.92 Å². The Morgan fingerprint density at radius 2 is 1.89 bits per heavy atom. The zero-order valence-electron chi connectivity index (χ0n) is 11.4. The molecule has 0 spiro atoms. The van der Waals surface area contributed by atoms with Crippen LogP contribution in [0.4, 0.5) is 11.4 Å². The van der Waals surface area contributed by atoms with Gasteiger partial charge < -0.3 is 10.6 Å². The highest BCUT2D eigenvalue weighted by atomic mass is 15.1. The second-order valence-electron chi connectivity index (χ2n) is 5.26. The van der Waals surface area contributed by atoms with Crippen LogP contribution in [-0.2, 0) is 13.0 Å². The van der Waals surface area contributed by atoms with Gasteiger partial charge in [-0.25, -0.2) is 0 Å². The average molecular weight is 252 g/mol. The Balaban J connectivity index is 1.98. The third kappa shape index (κ3) is 2.36. The maximum Gasteiger partial charge on any atom is 0.0443 e.